The van der Waals surface area contributed by atoms with Gasteiger partial charge in [-0.3, -0.25) is 4.79 Å². The Labute approximate surface area is 90.8 Å². The lowest BCUT2D eigenvalue weighted by molar-refractivity contribution is 0.0982. The third kappa shape index (κ3) is 2.79. The van der Waals surface area contributed by atoms with Crippen molar-refractivity contribution in [3.05, 3.63) is 47.5 Å². The zero-order valence-corrected chi connectivity index (χ0v) is 8.91. The minimum absolute atomic E-state index is 0.267. The Hall–Kier alpha value is -1.37. The molecule has 15 heavy (non-hydrogen) atoms. The highest BCUT2D eigenvalue weighted by Gasteiger charge is 2.08. The molecule has 1 aliphatic carbocycles. The molecule has 0 bridgehead atoms. The highest BCUT2D eigenvalue weighted by Crippen LogP contribution is 2.22. The van der Waals surface area contributed by atoms with Crippen molar-refractivity contribution >= 4 is 5.78 Å². The average molecular weight is 200 g/mol. The molecule has 0 fully saturated rings. The summed E-state index contributed by atoms with van der Waals surface area (Å²) in [6.07, 6.45) is 7.58. The van der Waals surface area contributed by atoms with E-state index in [1.165, 1.54) is 24.8 Å². The summed E-state index contributed by atoms with van der Waals surface area (Å²) in [6.45, 7) is 0. The van der Waals surface area contributed by atoms with E-state index in [2.05, 4.69) is 6.08 Å². The molecule has 0 heterocycles. The molecule has 1 heteroatoms. The minimum atomic E-state index is 0.267. The average Bonchev–Trinajstić information content (AvgIpc) is 2.80. The van der Waals surface area contributed by atoms with E-state index in [9.17, 15) is 4.79 Å². The number of hydrogen-bond acceptors (Lipinski definition) is 1. The van der Waals surface area contributed by atoms with Gasteiger partial charge in [-0.05, 0) is 25.7 Å². The van der Waals surface area contributed by atoms with Gasteiger partial charge < -0.3 is 0 Å². The lowest BCUT2D eigenvalue weighted by atomic mass is 10.0. The number of carbonyl (C=O) groups excluding carboxylic acids is 1. The van der Waals surface area contributed by atoms with Gasteiger partial charge in [0.05, 0.1) is 0 Å². The van der Waals surface area contributed by atoms with Gasteiger partial charge in [-0.15, -0.1) is 0 Å². The first kappa shape index (κ1) is 10.2. The second-order valence-electron chi connectivity index (χ2n) is 4.04. The van der Waals surface area contributed by atoms with E-state index in [0.717, 1.165) is 12.0 Å². The van der Waals surface area contributed by atoms with Crippen molar-refractivity contribution < 1.29 is 4.79 Å². The molecule has 0 unspecified atom stereocenters. The maximum Gasteiger partial charge on any atom is 0.163 e. The van der Waals surface area contributed by atoms with Crippen LogP contribution in [0, 0.1) is 0 Å². The van der Waals surface area contributed by atoms with Crippen LogP contribution in [0.4, 0.5) is 0 Å². The highest BCUT2D eigenvalue weighted by atomic mass is 16.1. The summed E-state index contributed by atoms with van der Waals surface area (Å²) in [5, 5.41) is 0. The maximum atomic E-state index is 11.8. The van der Waals surface area contributed by atoms with Gasteiger partial charge in [0.2, 0.25) is 0 Å². The SMILES string of the molecule is O=C(CCC1=CCCC1)c1ccccc1. The molecule has 0 saturated carbocycles. The molecule has 1 aliphatic rings. The van der Waals surface area contributed by atoms with E-state index >= 15 is 0 Å². The van der Waals surface area contributed by atoms with Crippen molar-refractivity contribution in [1.29, 1.82) is 0 Å². The summed E-state index contributed by atoms with van der Waals surface area (Å²) < 4.78 is 0. The minimum Gasteiger partial charge on any atom is -0.294 e. The zero-order valence-electron chi connectivity index (χ0n) is 8.91. The first-order valence-electron chi connectivity index (χ1n) is 5.62. The van der Waals surface area contributed by atoms with Crippen molar-refractivity contribution in [2.75, 3.05) is 0 Å². The van der Waals surface area contributed by atoms with E-state index in [0.29, 0.717) is 6.42 Å². The number of hydrogen-bond donors (Lipinski definition) is 0. The summed E-state index contributed by atoms with van der Waals surface area (Å²) in [6, 6.07) is 9.57. The molecule has 0 saturated heterocycles. The van der Waals surface area contributed by atoms with E-state index < -0.39 is 0 Å². The smallest absolute Gasteiger partial charge is 0.163 e. The lowest BCUT2D eigenvalue weighted by Crippen LogP contribution is -1.98. The standard InChI is InChI=1S/C14H16O/c15-14(13-8-2-1-3-9-13)11-10-12-6-4-5-7-12/h1-3,6,8-9H,4-5,7,10-11H2. The summed E-state index contributed by atoms with van der Waals surface area (Å²) in [4.78, 5) is 11.8. The molecule has 1 nitrogen and oxygen atoms in total. The molecule has 78 valence electrons. The highest BCUT2D eigenvalue weighted by molar-refractivity contribution is 5.96. The van der Waals surface area contributed by atoms with Crippen LogP contribution in [0.3, 0.4) is 0 Å². The number of benzene rings is 1. The molecule has 2 rings (SSSR count). The van der Waals surface area contributed by atoms with E-state index in [-0.39, 0.29) is 5.78 Å². The third-order valence-corrected chi connectivity index (χ3v) is 2.90. The van der Waals surface area contributed by atoms with Gasteiger partial charge in [-0.1, -0.05) is 42.0 Å². The first-order chi connectivity index (χ1) is 7.36. The Morgan fingerprint density at radius 3 is 2.67 bits per heavy atom. The van der Waals surface area contributed by atoms with Crippen LogP contribution in [0.25, 0.3) is 0 Å². The van der Waals surface area contributed by atoms with Gasteiger partial charge >= 0.3 is 0 Å². The number of rotatable bonds is 4. The molecule has 0 radical (unpaired) electrons. The molecule has 1 aromatic carbocycles. The fourth-order valence-corrected chi connectivity index (χ4v) is 2.01. The Bertz CT molecular complexity index is 362. The number of ketones is 1. The van der Waals surface area contributed by atoms with Crippen molar-refractivity contribution in [2.24, 2.45) is 0 Å². The predicted molar refractivity (Wildman–Crippen MR) is 61.9 cm³/mol. The Morgan fingerprint density at radius 1 is 1.20 bits per heavy atom. The van der Waals surface area contributed by atoms with Crippen molar-refractivity contribution in [2.45, 2.75) is 32.1 Å². The zero-order chi connectivity index (χ0) is 10.5. The van der Waals surface area contributed by atoms with Gasteiger partial charge in [-0.25, -0.2) is 0 Å². The monoisotopic (exact) mass is 200 g/mol. The van der Waals surface area contributed by atoms with Crippen molar-refractivity contribution in [3.8, 4) is 0 Å². The lowest BCUT2D eigenvalue weighted by Gasteiger charge is -2.01. The van der Waals surface area contributed by atoms with Crippen LogP contribution in [0.2, 0.25) is 0 Å². The second kappa shape index (κ2) is 4.92. The molecule has 0 aliphatic heterocycles. The van der Waals surface area contributed by atoms with Crippen LogP contribution >= 0.6 is 0 Å². The number of allylic oxidation sites excluding steroid dienone is 2. The summed E-state index contributed by atoms with van der Waals surface area (Å²) in [5.41, 5.74) is 2.32. The van der Waals surface area contributed by atoms with Crippen molar-refractivity contribution in [1.82, 2.24) is 0 Å². The fourth-order valence-electron chi connectivity index (χ4n) is 2.01. The Balaban J connectivity index is 1.87. The molecule has 0 aromatic heterocycles. The van der Waals surface area contributed by atoms with Gasteiger partial charge in [0, 0.05) is 12.0 Å². The maximum absolute atomic E-state index is 11.8. The Kier molecular flexibility index (Phi) is 3.33. The van der Waals surface area contributed by atoms with Gasteiger partial charge in [0.25, 0.3) is 0 Å². The van der Waals surface area contributed by atoms with Crippen LogP contribution in [-0.4, -0.2) is 5.78 Å². The first-order valence-corrected chi connectivity index (χ1v) is 5.62. The number of Topliss-reactive ketones (excluding diaryl/α,β-unsaturated/α-hetero) is 1. The summed E-state index contributed by atoms with van der Waals surface area (Å²) in [7, 11) is 0. The summed E-state index contributed by atoms with van der Waals surface area (Å²) in [5.74, 6) is 0.267. The predicted octanol–water partition coefficient (Wildman–Crippen LogP) is 3.76. The summed E-state index contributed by atoms with van der Waals surface area (Å²) >= 11 is 0. The van der Waals surface area contributed by atoms with E-state index in [1.54, 1.807) is 0 Å². The topological polar surface area (TPSA) is 17.1 Å². The van der Waals surface area contributed by atoms with Gasteiger partial charge in [0.1, 0.15) is 0 Å². The van der Waals surface area contributed by atoms with Gasteiger partial charge in [0.15, 0.2) is 5.78 Å². The van der Waals surface area contributed by atoms with E-state index in [4.69, 9.17) is 0 Å². The normalized spacial score (nSPS) is 15.1. The third-order valence-electron chi connectivity index (χ3n) is 2.90. The second-order valence-corrected chi connectivity index (χ2v) is 4.04. The molecule has 0 N–H and O–H groups in total. The number of carbonyl (C=O) groups is 1. The van der Waals surface area contributed by atoms with Crippen LogP contribution in [0.5, 0.6) is 0 Å². The molecular formula is C14H16O. The van der Waals surface area contributed by atoms with Crippen molar-refractivity contribution in [3.63, 3.8) is 0 Å². The van der Waals surface area contributed by atoms with E-state index in [1.807, 2.05) is 30.3 Å². The molecular weight excluding hydrogens is 184 g/mol. The molecule has 0 spiro atoms. The molecule has 0 atom stereocenters. The molecule has 1 aromatic rings. The van der Waals surface area contributed by atoms with Crippen LogP contribution < -0.4 is 0 Å². The van der Waals surface area contributed by atoms with Crippen LogP contribution in [0.1, 0.15) is 42.5 Å². The van der Waals surface area contributed by atoms with Crippen LogP contribution in [-0.2, 0) is 0 Å². The Morgan fingerprint density at radius 2 is 2.00 bits per heavy atom. The quantitative estimate of drug-likeness (QED) is 0.534. The van der Waals surface area contributed by atoms with Crippen LogP contribution in [0.15, 0.2) is 42.0 Å². The fraction of sp³-hybridized carbons (Fsp3) is 0.357. The van der Waals surface area contributed by atoms with Gasteiger partial charge in [-0.2, -0.15) is 0 Å². The molecule has 0 amide bonds. The largest absolute Gasteiger partial charge is 0.294 e.